The van der Waals surface area contributed by atoms with Crippen molar-refractivity contribution >= 4 is 15.0 Å². The zero-order valence-corrected chi connectivity index (χ0v) is 12.6. The van der Waals surface area contributed by atoms with Crippen molar-refractivity contribution in [1.29, 1.82) is 0 Å². The van der Waals surface area contributed by atoms with E-state index in [1.165, 1.54) is 56.7 Å². The van der Waals surface area contributed by atoms with Crippen LogP contribution in [-0.2, 0) is 0 Å². The van der Waals surface area contributed by atoms with Crippen molar-refractivity contribution in [3.63, 3.8) is 0 Å². The SMILES string of the molecule is CCCCCC/C(=C/[Se]CCCC)CC. The maximum atomic E-state index is 2.56. The van der Waals surface area contributed by atoms with Crippen LogP contribution in [-0.4, -0.2) is 15.0 Å². The van der Waals surface area contributed by atoms with E-state index >= 15 is 0 Å². The molecule has 0 unspecified atom stereocenters. The summed E-state index contributed by atoms with van der Waals surface area (Å²) in [5, 5.41) is 1.45. The molecule has 0 aromatic heterocycles. The van der Waals surface area contributed by atoms with Gasteiger partial charge in [-0.05, 0) is 0 Å². The van der Waals surface area contributed by atoms with E-state index in [-0.39, 0.29) is 0 Å². The van der Waals surface area contributed by atoms with Gasteiger partial charge in [0.05, 0.1) is 0 Å². The van der Waals surface area contributed by atoms with Crippen LogP contribution >= 0.6 is 0 Å². The van der Waals surface area contributed by atoms with E-state index in [1.54, 1.807) is 5.57 Å². The summed E-state index contributed by atoms with van der Waals surface area (Å²) in [6.07, 6.45) is 11.0. The Morgan fingerprint density at radius 2 is 1.67 bits per heavy atom. The molecule has 0 aromatic carbocycles. The summed E-state index contributed by atoms with van der Waals surface area (Å²) >= 11 is 0.784. The average Bonchev–Trinajstić information content (AvgIpc) is 2.27. The standard InChI is InChI=1S/C14H28Se/c1-4-7-9-10-11-14(6-3)13-15-12-8-5-2/h13H,4-12H2,1-3H3/b14-13+. The number of unbranched alkanes of at least 4 members (excludes halogenated alkanes) is 4. The molecular formula is C14H28Se. The van der Waals surface area contributed by atoms with Gasteiger partial charge in [0.1, 0.15) is 0 Å². The van der Waals surface area contributed by atoms with E-state index in [0.29, 0.717) is 0 Å². The molecule has 0 nitrogen and oxygen atoms in total. The third-order valence-electron chi connectivity index (χ3n) is 2.67. The first-order chi connectivity index (χ1) is 7.35. The monoisotopic (exact) mass is 276 g/mol. The third-order valence-corrected chi connectivity index (χ3v) is 4.82. The van der Waals surface area contributed by atoms with Crippen LogP contribution in [0.15, 0.2) is 10.5 Å². The third kappa shape index (κ3) is 10.5. The van der Waals surface area contributed by atoms with Gasteiger partial charge in [-0.25, -0.2) is 0 Å². The molecule has 1 heteroatoms. The second-order valence-corrected chi connectivity index (χ2v) is 6.22. The number of hydrogen-bond acceptors (Lipinski definition) is 0. The quantitative estimate of drug-likeness (QED) is 0.381. The molecule has 0 saturated heterocycles. The Morgan fingerprint density at radius 1 is 0.933 bits per heavy atom. The second-order valence-electron chi connectivity index (χ2n) is 4.16. The van der Waals surface area contributed by atoms with Crippen LogP contribution in [0.25, 0.3) is 0 Å². The summed E-state index contributed by atoms with van der Waals surface area (Å²) in [4.78, 5) is 2.56. The van der Waals surface area contributed by atoms with E-state index in [2.05, 4.69) is 25.7 Å². The molecule has 0 N–H and O–H groups in total. The molecule has 0 atom stereocenters. The van der Waals surface area contributed by atoms with Gasteiger partial charge in [0.25, 0.3) is 0 Å². The first kappa shape index (κ1) is 15.3. The fourth-order valence-electron chi connectivity index (χ4n) is 1.50. The van der Waals surface area contributed by atoms with Gasteiger partial charge in [-0.15, -0.1) is 0 Å². The minimum absolute atomic E-state index is 0.784. The molecule has 0 aliphatic heterocycles. The fourth-order valence-corrected chi connectivity index (χ4v) is 3.80. The molecule has 90 valence electrons. The first-order valence-corrected chi connectivity index (χ1v) is 8.84. The van der Waals surface area contributed by atoms with Crippen LogP contribution in [0, 0.1) is 0 Å². The molecule has 0 aliphatic rings. The van der Waals surface area contributed by atoms with Crippen molar-refractivity contribution in [3.8, 4) is 0 Å². The fraction of sp³-hybridized carbons (Fsp3) is 0.857. The van der Waals surface area contributed by atoms with Gasteiger partial charge in [0.15, 0.2) is 0 Å². The van der Waals surface area contributed by atoms with E-state index < -0.39 is 0 Å². The summed E-state index contributed by atoms with van der Waals surface area (Å²) in [6.45, 7) is 6.87. The Labute approximate surface area is 103 Å². The number of rotatable bonds is 10. The summed E-state index contributed by atoms with van der Waals surface area (Å²) in [6, 6.07) is 0. The molecule has 0 radical (unpaired) electrons. The zero-order valence-electron chi connectivity index (χ0n) is 10.8. The van der Waals surface area contributed by atoms with E-state index in [1.807, 2.05) is 0 Å². The van der Waals surface area contributed by atoms with Crippen molar-refractivity contribution in [2.45, 2.75) is 77.5 Å². The van der Waals surface area contributed by atoms with E-state index in [9.17, 15) is 0 Å². The Morgan fingerprint density at radius 3 is 2.27 bits per heavy atom. The molecular weight excluding hydrogens is 247 g/mol. The van der Waals surface area contributed by atoms with Crippen molar-refractivity contribution in [1.82, 2.24) is 0 Å². The molecule has 0 spiro atoms. The molecule has 0 amide bonds. The van der Waals surface area contributed by atoms with Crippen LogP contribution in [0.3, 0.4) is 0 Å². The van der Waals surface area contributed by atoms with Crippen molar-refractivity contribution in [2.24, 2.45) is 0 Å². The topological polar surface area (TPSA) is 0 Å². The first-order valence-electron chi connectivity index (χ1n) is 6.64. The van der Waals surface area contributed by atoms with Crippen LogP contribution in [0.1, 0.15) is 72.1 Å². The van der Waals surface area contributed by atoms with Gasteiger partial charge < -0.3 is 0 Å². The van der Waals surface area contributed by atoms with Crippen molar-refractivity contribution in [2.75, 3.05) is 0 Å². The van der Waals surface area contributed by atoms with Crippen LogP contribution in [0.5, 0.6) is 0 Å². The summed E-state index contributed by atoms with van der Waals surface area (Å²) in [5.41, 5.74) is 1.72. The van der Waals surface area contributed by atoms with Crippen LogP contribution < -0.4 is 0 Å². The van der Waals surface area contributed by atoms with Gasteiger partial charge in [-0.2, -0.15) is 0 Å². The molecule has 0 bridgehead atoms. The molecule has 0 rings (SSSR count). The zero-order chi connectivity index (χ0) is 11.4. The van der Waals surface area contributed by atoms with Gasteiger partial charge in [0.2, 0.25) is 0 Å². The Balaban J connectivity index is 3.51. The summed E-state index contributed by atoms with van der Waals surface area (Å²) < 4.78 is 0. The Kier molecular flexibility index (Phi) is 12.5. The van der Waals surface area contributed by atoms with Crippen molar-refractivity contribution in [3.05, 3.63) is 10.5 Å². The second kappa shape index (κ2) is 12.3. The number of allylic oxidation sites excluding steroid dienone is 1. The van der Waals surface area contributed by atoms with Crippen LogP contribution in [0.2, 0.25) is 5.32 Å². The maximum absolute atomic E-state index is 2.56. The van der Waals surface area contributed by atoms with Crippen molar-refractivity contribution < 1.29 is 0 Å². The summed E-state index contributed by atoms with van der Waals surface area (Å²) in [5.74, 6) is 0. The summed E-state index contributed by atoms with van der Waals surface area (Å²) in [7, 11) is 0. The molecule has 0 aliphatic carbocycles. The van der Waals surface area contributed by atoms with Gasteiger partial charge in [0, 0.05) is 0 Å². The van der Waals surface area contributed by atoms with E-state index in [4.69, 9.17) is 0 Å². The normalized spacial score (nSPS) is 12.1. The average molecular weight is 275 g/mol. The number of hydrogen-bond donors (Lipinski definition) is 0. The Hall–Kier alpha value is 0.259. The van der Waals surface area contributed by atoms with Gasteiger partial charge in [-0.3, -0.25) is 0 Å². The molecule has 0 heterocycles. The van der Waals surface area contributed by atoms with Gasteiger partial charge >= 0.3 is 103 Å². The van der Waals surface area contributed by atoms with Gasteiger partial charge in [-0.1, -0.05) is 0 Å². The Bertz CT molecular complexity index is 149. The molecule has 0 aromatic rings. The predicted octanol–water partition coefficient (Wildman–Crippen LogP) is 5.17. The molecule has 0 saturated carbocycles. The van der Waals surface area contributed by atoms with E-state index in [0.717, 1.165) is 15.0 Å². The molecule has 0 fully saturated rings. The minimum atomic E-state index is 0.784. The van der Waals surface area contributed by atoms with Crippen LogP contribution in [0.4, 0.5) is 0 Å². The molecule has 15 heavy (non-hydrogen) atoms. The predicted molar refractivity (Wildman–Crippen MR) is 72.6 cm³/mol.